The molecule has 1 aromatic rings. The van der Waals surface area contributed by atoms with Crippen LogP contribution in [0.3, 0.4) is 0 Å². The third-order valence-corrected chi connectivity index (χ3v) is 5.41. The van der Waals surface area contributed by atoms with Crippen molar-refractivity contribution in [3.05, 3.63) is 29.8 Å². The predicted octanol–water partition coefficient (Wildman–Crippen LogP) is 3.26. The number of carbonyl (C=O) groups is 2. The lowest BCUT2D eigenvalue weighted by Crippen LogP contribution is -2.47. The molecule has 0 spiro atoms. The number of nitrogens with zero attached hydrogens (tertiary/aromatic N) is 1. The van der Waals surface area contributed by atoms with Crippen LogP contribution in [0.25, 0.3) is 0 Å². The molecule has 1 atom stereocenters. The zero-order valence-corrected chi connectivity index (χ0v) is 16.0. The molecule has 0 heterocycles. The summed E-state index contributed by atoms with van der Waals surface area (Å²) < 4.78 is 5.25. The van der Waals surface area contributed by atoms with E-state index in [4.69, 9.17) is 9.84 Å². The number of carbonyl (C=O) groups excluding carboxylic acids is 1. The van der Waals surface area contributed by atoms with Crippen molar-refractivity contribution in [1.82, 2.24) is 10.2 Å². The van der Waals surface area contributed by atoms with Crippen LogP contribution in [0.1, 0.15) is 44.6 Å². The van der Waals surface area contributed by atoms with E-state index in [1.165, 1.54) is 16.9 Å². The van der Waals surface area contributed by atoms with Gasteiger partial charge in [-0.25, -0.2) is 4.79 Å². The van der Waals surface area contributed by atoms with E-state index in [-0.39, 0.29) is 18.0 Å². The SMILES string of the molecule is COc1ccc(C2(CNC(=O)N(C)CC(C)C(=O)O)CCCCC2)cc1. The number of amides is 2. The Morgan fingerprint density at radius 3 is 2.38 bits per heavy atom. The lowest BCUT2D eigenvalue weighted by molar-refractivity contribution is -0.141. The van der Waals surface area contributed by atoms with Gasteiger partial charge >= 0.3 is 12.0 Å². The number of aliphatic carboxylic acids is 1. The highest BCUT2D eigenvalue weighted by Crippen LogP contribution is 2.39. The van der Waals surface area contributed by atoms with Crippen LogP contribution >= 0.6 is 0 Å². The van der Waals surface area contributed by atoms with Gasteiger partial charge in [-0.3, -0.25) is 4.79 Å². The molecular formula is C20H30N2O4. The smallest absolute Gasteiger partial charge is 0.317 e. The number of hydrogen-bond acceptors (Lipinski definition) is 3. The minimum atomic E-state index is -0.897. The first-order chi connectivity index (χ1) is 12.4. The van der Waals surface area contributed by atoms with Gasteiger partial charge in [0.25, 0.3) is 0 Å². The maximum Gasteiger partial charge on any atom is 0.317 e. The van der Waals surface area contributed by atoms with Crippen LogP contribution in [-0.4, -0.2) is 49.3 Å². The van der Waals surface area contributed by atoms with E-state index in [2.05, 4.69) is 17.4 Å². The minimum absolute atomic E-state index is 0.0700. The molecule has 6 heteroatoms. The lowest BCUT2D eigenvalue weighted by Gasteiger charge is -2.38. The third-order valence-electron chi connectivity index (χ3n) is 5.41. The lowest BCUT2D eigenvalue weighted by atomic mass is 9.69. The first-order valence-corrected chi connectivity index (χ1v) is 9.24. The Labute approximate surface area is 155 Å². The summed E-state index contributed by atoms with van der Waals surface area (Å²) in [5.74, 6) is -0.659. The van der Waals surface area contributed by atoms with Gasteiger partial charge in [-0.05, 0) is 30.5 Å². The number of rotatable bonds is 7. The van der Waals surface area contributed by atoms with E-state index in [9.17, 15) is 9.59 Å². The molecule has 2 rings (SSSR count). The topological polar surface area (TPSA) is 78.9 Å². The average Bonchev–Trinajstić information content (AvgIpc) is 2.66. The molecule has 2 amide bonds. The highest BCUT2D eigenvalue weighted by molar-refractivity contribution is 5.75. The van der Waals surface area contributed by atoms with Crippen molar-refractivity contribution in [3.63, 3.8) is 0 Å². The van der Waals surface area contributed by atoms with Crippen LogP contribution in [0.5, 0.6) is 5.75 Å². The van der Waals surface area contributed by atoms with Gasteiger partial charge < -0.3 is 20.1 Å². The fourth-order valence-corrected chi connectivity index (χ4v) is 3.69. The summed E-state index contributed by atoms with van der Waals surface area (Å²) in [6.07, 6.45) is 5.59. The van der Waals surface area contributed by atoms with Crippen molar-refractivity contribution >= 4 is 12.0 Å². The van der Waals surface area contributed by atoms with Crippen molar-refractivity contribution in [2.75, 3.05) is 27.2 Å². The van der Waals surface area contributed by atoms with Crippen molar-refractivity contribution in [3.8, 4) is 5.75 Å². The molecular weight excluding hydrogens is 332 g/mol. The molecule has 0 saturated heterocycles. The number of ether oxygens (including phenoxy) is 1. The van der Waals surface area contributed by atoms with Gasteiger partial charge in [-0.1, -0.05) is 38.3 Å². The predicted molar refractivity (Wildman–Crippen MR) is 101 cm³/mol. The van der Waals surface area contributed by atoms with Gasteiger partial charge in [0.2, 0.25) is 0 Å². The summed E-state index contributed by atoms with van der Waals surface area (Å²) in [6.45, 7) is 2.35. The average molecular weight is 362 g/mol. The largest absolute Gasteiger partial charge is 0.497 e. The van der Waals surface area contributed by atoms with Crippen molar-refractivity contribution in [1.29, 1.82) is 0 Å². The minimum Gasteiger partial charge on any atom is -0.497 e. The summed E-state index contributed by atoms with van der Waals surface area (Å²) in [7, 11) is 3.29. The highest BCUT2D eigenvalue weighted by atomic mass is 16.5. The molecule has 1 saturated carbocycles. The zero-order valence-electron chi connectivity index (χ0n) is 16.0. The van der Waals surface area contributed by atoms with E-state index in [0.29, 0.717) is 6.54 Å². The number of methoxy groups -OCH3 is 1. The van der Waals surface area contributed by atoms with Crippen LogP contribution < -0.4 is 10.1 Å². The van der Waals surface area contributed by atoms with Crippen LogP contribution in [-0.2, 0) is 10.2 Å². The quantitative estimate of drug-likeness (QED) is 0.780. The van der Waals surface area contributed by atoms with E-state index < -0.39 is 11.9 Å². The fraction of sp³-hybridized carbons (Fsp3) is 0.600. The summed E-state index contributed by atoms with van der Waals surface area (Å²) in [5, 5.41) is 12.0. The summed E-state index contributed by atoms with van der Waals surface area (Å²) in [6, 6.07) is 7.89. The molecule has 26 heavy (non-hydrogen) atoms. The highest BCUT2D eigenvalue weighted by Gasteiger charge is 2.34. The molecule has 144 valence electrons. The Hall–Kier alpha value is -2.24. The molecule has 0 bridgehead atoms. The molecule has 1 aliphatic rings. The second kappa shape index (κ2) is 8.92. The molecule has 1 aromatic carbocycles. The van der Waals surface area contributed by atoms with Gasteiger partial charge in [-0.15, -0.1) is 0 Å². The Kier molecular flexibility index (Phi) is 6.89. The number of nitrogens with one attached hydrogen (secondary N) is 1. The maximum atomic E-state index is 12.4. The van der Waals surface area contributed by atoms with E-state index in [1.807, 2.05) is 12.1 Å². The Morgan fingerprint density at radius 2 is 1.85 bits per heavy atom. The number of carboxylic acids is 1. The maximum absolute atomic E-state index is 12.4. The molecule has 1 fully saturated rings. The Bertz CT molecular complexity index is 609. The van der Waals surface area contributed by atoms with Crippen molar-refractivity contribution < 1.29 is 19.4 Å². The standard InChI is InChI=1S/C20H30N2O4/c1-15(18(23)24)13-22(2)19(25)21-14-20(11-5-4-6-12-20)16-7-9-17(26-3)10-8-16/h7-10,15H,4-6,11-14H2,1-3H3,(H,21,25)(H,23,24). The normalized spacial score (nSPS) is 17.2. The second-order valence-corrected chi connectivity index (χ2v) is 7.35. The second-order valence-electron chi connectivity index (χ2n) is 7.35. The number of hydrogen-bond donors (Lipinski definition) is 2. The zero-order chi connectivity index (χ0) is 19.2. The Morgan fingerprint density at radius 1 is 1.23 bits per heavy atom. The fourth-order valence-electron chi connectivity index (χ4n) is 3.69. The number of benzene rings is 1. The van der Waals surface area contributed by atoms with Gasteiger partial charge in [0.15, 0.2) is 0 Å². The molecule has 0 aliphatic heterocycles. The summed E-state index contributed by atoms with van der Waals surface area (Å²) in [5.41, 5.74) is 1.15. The van der Waals surface area contributed by atoms with Crippen LogP contribution in [0.2, 0.25) is 0 Å². The number of carboxylic acid groups (broad SMARTS) is 1. The van der Waals surface area contributed by atoms with Gasteiger partial charge in [0.05, 0.1) is 13.0 Å². The Balaban J connectivity index is 2.05. The third kappa shape index (κ3) is 4.90. The molecule has 1 aliphatic carbocycles. The molecule has 2 N–H and O–H groups in total. The first-order valence-electron chi connectivity index (χ1n) is 9.24. The van der Waals surface area contributed by atoms with E-state index >= 15 is 0 Å². The summed E-state index contributed by atoms with van der Waals surface area (Å²) >= 11 is 0. The van der Waals surface area contributed by atoms with E-state index in [0.717, 1.165) is 31.4 Å². The molecule has 0 aromatic heterocycles. The van der Waals surface area contributed by atoms with Crippen molar-refractivity contribution in [2.45, 2.75) is 44.4 Å². The van der Waals surface area contributed by atoms with Gasteiger partial charge in [0.1, 0.15) is 5.75 Å². The molecule has 0 radical (unpaired) electrons. The first kappa shape index (κ1) is 20.1. The summed E-state index contributed by atoms with van der Waals surface area (Å²) in [4.78, 5) is 24.8. The monoisotopic (exact) mass is 362 g/mol. The van der Waals surface area contributed by atoms with Crippen molar-refractivity contribution in [2.24, 2.45) is 5.92 Å². The van der Waals surface area contributed by atoms with E-state index in [1.54, 1.807) is 21.1 Å². The molecule has 1 unspecified atom stereocenters. The molecule has 6 nitrogen and oxygen atoms in total. The number of urea groups is 1. The van der Waals surface area contributed by atoms with Gasteiger partial charge in [0, 0.05) is 25.6 Å². The van der Waals surface area contributed by atoms with Crippen LogP contribution in [0, 0.1) is 5.92 Å². The van der Waals surface area contributed by atoms with Crippen LogP contribution in [0.4, 0.5) is 4.79 Å². The van der Waals surface area contributed by atoms with Crippen LogP contribution in [0.15, 0.2) is 24.3 Å². The van der Waals surface area contributed by atoms with Gasteiger partial charge in [-0.2, -0.15) is 0 Å².